The van der Waals surface area contributed by atoms with Crippen molar-refractivity contribution in [2.75, 3.05) is 13.1 Å². The average molecular weight is 219 g/mol. The summed E-state index contributed by atoms with van der Waals surface area (Å²) in [6, 6.07) is 9.07. The summed E-state index contributed by atoms with van der Waals surface area (Å²) in [5.41, 5.74) is 3.14. The Hall–Kier alpha value is -0.820. The molecular formula is C15H25N. The first-order chi connectivity index (χ1) is 7.54. The van der Waals surface area contributed by atoms with Crippen molar-refractivity contribution in [2.45, 2.75) is 46.0 Å². The Kier molecular flexibility index (Phi) is 5.01. The van der Waals surface area contributed by atoms with Crippen molar-refractivity contribution in [3.63, 3.8) is 0 Å². The molecular weight excluding hydrogens is 194 g/mol. The fraction of sp³-hybridized carbons (Fsp3) is 0.600. The standard InChI is InChI=1S/C15H25N/c1-5-16-12-6-7-13-8-10-14(11-9-13)15(2,3)4/h8-11,16H,5-7,12H2,1-4H3. The normalized spacial score (nSPS) is 11.8. The van der Waals surface area contributed by atoms with E-state index in [1.165, 1.54) is 24.0 Å². The van der Waals surface area contributed by atoms with Gasteiger partial charge in [-0.1, -0.05) is 52.0 Å². The first kappa shape index (κ1) is 13.2. The van der Waals surface area contributed by atoms with E-state index >= 15 is 0 Å². The second-order valence-corrected chi connectivity index (χ2v) is 5.40. The van der Waals surface area contributed by atoms with Crippen molar-refractivity contribution in [3.05, 3.63) is 35.4 Å². The molecule has 1 N–H and O–H groups in total. The van der Waals surface area contributed by atoms with Crippen LogP contribution in [-0.4, -0.2) is 13.1 Å². The van der Waals surface area contributed by atoms with Gasteiger partial charge in [0.25, 0.3) is 0 Å². The third-order valence-electron chi connectivity index (χ3n) is 2.89. The molecule has 1 aromatic carbocycles. The highest BCUT2D eigenvalue weighted by Gasteiger charge is 2.12. The molecule has 0 amide bonds. The Bertz CT molecular complexity index is 292. The number of benzene rings is 1. The van der Waals surface area contributed by atoms with Crippen LogP contribution in [0.15, 0.2) is 24.3 Å². The highest BCUT2D eigenvalue weighted by molar-refractivity contribution is 5.27. The van der Waals surface area contributed by atoms with Crippen molar-refractivity contribution in [3.8, 4) is 0 Å². The minimum absolute atomic E-state index is 0.266. The Morgan fingerprint density at radius 2 is 1.69 bits per heavy atom. The highest BCUT2D eigenvalue weighted by atomic mass is 14.8. The van der Waals surface area contributed by atoms with Gasteiger partial charge in [-0.15, -0.1) is 0 Å². The lowest BCUT2D eigenvalue weighted by atomic mass is 9.86. The lowest BCUT2D eigenvalue weighted by Crippen LogP contribution is -2.14. The predicted molar refractivity (Wildman–Crippen MR) is 72.0 cm³/mol. The molecule has 0 aliphatic heterocycles. The fourth-order valence-electron chi connectivity index (χ4n) is 1.77. The summed E-state index contributed by atoms with van der Waals surface area (Å²) < 4.78 is 0. The third-order valence-corrected chi connectivity index (χ3v) is 2.89. The van der Waals surface area contributed by atoms with E-state index in [0.717, 1.165) is 13.1 Å². The van der Waals surface area contributed by atoms with Gasteiger partial charge in [-0.05, 0) is 42.5 Å². The van der Waals surface area contributed by atoms with Gasteiger partial charge in [-0.2, -0.15) is 0 Å². The van der Waals surface area contributed by atoms with Gasteiger partial charge < -0.3 is 5.32 Å². The molecule has 0 saturated carbocycles. The molecule has 0 fully saturated rings. The number of rotatable bonds is 5. The Balaban J connectivity index is 2.46. The monoisotopic (exact) mass is 219 g/mol. The molecule has 0 heterocycles. The molecule has 0 bridgehead atoms. The molecule has 1 nitrogen and oxygen atoms in total. The summed E-state index contributed by atoms with van der Waals surface area (Å²) in [4.78, 5) is 0. The topological polar surface area (TPSA) is 12.0 Å². The first-order valence-corrected chi connectivity index (χ1v) is 6.34. The summed E-state index contributed by atoms with van der Waals surface area (Å²) in [5, 5.41) is 3.35. The van der Waals surface area contributed by atoms with Crippen LogP contribution in [0.3, 0.4) is 0 Å². The van der Waals surface area contributed by atoms with Gasteiger partial charge >= 0.3 is 0 Å². The van der Waals surface area contributed by atoms with Gasteiger partial charge in [0.1, 0.15) is 0 Å². The largest absolute Gasteiger partial charge is 0.317 e. The van der Waals surface area contributed by atoms with E-state index < -0.39 is 0 Å². The van der Waals surface area contributed by atoms with Crippen LogP contribution < -0.4 is 5.32 Å². The molecule has 16 heavy (non-hydrogen) atoms. The van der Waals surface area contributed by atoms with Gasteiger partial charge in [0, 0.05) is 0 Å². The Morgan fingerprint density at radius 3 is 2.19 bits per heavy atom. The van der Waals surface area contributed by atoms with Crippen molar-refractivity contribution >= 4 is 0 Å². The summed E-state index contributed by atoms with van der Waals surface area (Å²) >= 11 is 0. The van der Waals surface area contributed by atoms with Crippen LogP contribution in [-0.2, 0) is 11.8 Å². The van der Waals surface area contributed by atoms with Crippen LogP contribution in [0.4, 0.5) is 0 Å². The quantitative estimate of drug-likeness (QED) is 0.747. The molecule has 1 heteroatoms. The maximum Gasteiger partial charge on any atom is -0.00459 e. The van der Waals surface area contributed by atoms with E-state index in [1.807, 2.05) is 0 Å². The minimum atomic E-state index is 0.266. The summed E-state index contributed by atoms with van der Waals surface area (Å²) in [7, 11) is 0. The van der Waals surface area contributed by atoms with Crippen LogP contribution in [0.2, 0.25) is 0 Å². The molecule has 0 unspecified atom stereocenters. The molecule has 1 rings (SSSR count). The Morgan fingerprint density at radius 1 is 1.06 bits per heavy atom. The molecule has 0 aliphatic rings. The van der Waals surface area contributed by atoms with Crippen LogP contribution in [0.5, 0.6) is 0 Å². The smallest absolute Gasteiger partial charge is 0.00459 e. The summed E-state index contributed by atoms with van der Waals surface area (Å²) in [6.45, 7) is 11.1. The van der Waals surface area contributed by atoms with E-state index in [4.69, 9.17) is 0 Å². The zero-order valence-electron chi connectivity index (χ0n) is 11.1. The summed E-state index contributed by atoms with van der Waals surface area (Å²) in [5.74, 6) is 0. The van der Waals surface area contributed by atoms with Crippen molar-refractivity contribution in [1.29, 1.82) is 0 Å². The highest BCUT2D eigenvalue weighted by Crippen LogP contribution is 2.22. The molecule has 0 aromatic heterocycles. The number of hydrogen-bond acceptors (Lipinski definition) is 1. The lowest BCUT2D eigenvalue weighted by Gasteiger charge is -2.19. The van der Waals surface area contributed by atoms with Crippen LogP contribution >= 0.6 is 0 Å². The lowest BCUT2D eigenvalue weighted by molar-refractivity contribution is 0.589. The molecule has 0 spiro atoms. The van der Waals surface area contributed by atoms with Gasteiger partial charge in [0.15, 0.2) is 0 Å². The van der Waals surface area contributed by atoms with Crippen LogP contribution in [0.25, 0.3) is 0 Å². The maximum absolute atomic E-state index is 3.35. The van der Waals surface area contributed by atoms with Crippen molar-refractivity contribution in [1.82, 2.24) is 5.32 Å². The SMILES string of the molecule is CCNCCCc1ccc(C(C)(C)C)cc1. The minimum Gasteiger partial charge on any atom is -0.317 e. The zero-order valence-corrected chi connectivity index (χ0v) is 11.1. The van der Waals surface area contributed by atoms with Gasteiger partial charge in [0.2, 0.25) is 0 Å². The van der Waals surface area contributed by atoms with Crippen molar-refractivity contribution in [2.24, 2.45) is 0 Å². The van der Waals surface area contributed by atoms with Gasteiger partial charge in [-0.3, -0.25) is 0 Å². The van der Waals surface area contributed by atoms with Gasteiger partial charge in [-0.25, -0.2) is 0 Å². The van der Waals surface area contributed by atoms with Crippen LogP contribution in [0, 0.1) is 0 Å². The number of nitrogens with one attached hydrogen (secondary N) is 1. The molecule has 90 valence electrons. The van der Waals surface area contributed by atoms with E-state index in [-0.39, 0.29) is 5.41 Å². The second-order valence-electron chi connectivity index (χ2n) is 5.40. The third kappa shape index (κ3) is 4.36. The molecule has 1 aromatic rings. The first-order valence-electron chi connectivity index (χ1n) is 6.34. The number of aryl methyl sites for hydroxylation is 1. The summed E-state index contributed by atoms with van der Waals surface area (Å²) in [6.07, 6.45) is 2.40. The predicted octanol–water partition coefficient (Wildman–Crippen LogP) is 3.53. The molecule has 0 atom stereocenters. The molecule has 0 saturated heterocycles. The average Bonchev–Trinajstić information content (AvgIpc) is 2.24. The van der Waals surface area contributed by atoms with Crippen LogP contribution in [0.1, 0.15) is 45.2 Å². The van der Waals surface area contributed by atoms with E-state index in [1.54, 1.807) is 0 Å². The second kappa shape index (κ2) is 6.05. The van der Waals surface area contributed by atoms with E-state index in [9.17, 15) is 0 Å². The number of hydrogen-bond donors (Lipinski definition) is 1. The van der Waals surface area contributed by atoms with Gasteiger partial charge in [0.05, 0.1) is 0 Å². The molecule has 0 aliphatic carbocycles. The Labute approximate surface area is 100 Å². The van der Waals surface area contributed by atoms with E-state index in [0.29, 0.717) is 0 Å². The van der Waals surface area contributed by atoms with E-state index in [2.05, 4.69) is 57.3 Å². The zero-order chi connectivity index (χ0) is 12.0. The maximum atomic E-state index is 3.35. The van der Waals surface area contributed by atoms with Crippen molar-refractivity contribution < 1.29 is 0 Å². The fourth-order valence-corrected chi connectivity index (χ4v) is 1.77. The molecule has 0 radical (unpaired) electrons.